The number of nitro benzene ring substituents is 1. The van der Waals surface area contributed by atoms with Gasteiger partial charge >= 0.3 is 0 Å². The lowest BCUT2D eigenvalue weighted by Crippen LogP contribution is -2.22. The van der Waals surface area contributed by atoms with Crippen LogP contribution in [0.25, 0.3) is 10.9 Å². The van der Waals surface area contributed by atoms with Crippen molar-refractivity contribution in [2.75, 3.05) is 0 Å². The van der Waals surface area contributed by atoms with E-state index in [2.05, 4.69) is 10.5 Å². The highest BCUT2D eigenvalue weighted by molar-refractivity contribution is 5.85. The fourth-order valence-corrected chi connectivity index (χ4v) is 2.33. The molecule has 7 heteroatoms. The molecule has 0 saturated carbocycles. The SMILES string of the molecule is O=C(Cn1ccc2ccccc21)N/N=C/c1ccc([N+](=O)[O-])cc1. The number of hydrogen-bond donors (Lipinski definition) is 1. The van der Waals surface area contributed by atoms with Crippen LogP contribution in [-0.4, -0.2) is 21.6 Å². The Bertz CT molecular complexity index is 913. The second-order valence-corrected chi connectivity index (χ2v) is 5.14. The number of hydrazone groups is 1. The van der Waals surface area contributed by atoms with Crippen LogP contribution in [0.3, 0.4) is 0 Å². The maximum atomic E-state index is 12.0. The van der Waals surface area contributed by atoms with Crippen LogP contribution in [-0.2, 0) is 11.3 Å². The summed E-state index contributed by atoms with van der Waals surface area (Å²) in [5, 5.41) is 15.5. The van der Waals surface area contributed by atoms with Crippen LogP contribution in [0.15, 0.2) is 65.9 Å². The maximum Gasteiger partial charge on any atom is 0.269 e. The first-order chi connectivity index (χ1) is 11.6. The van der Waals surface area contributed by atoms with Gasteiger partial charge in [-0.15, -0.1) is 0 Å². The van der Waals surface area contributed by atoms with Gasteiger partial charge in [0.2, 0.25) is 0 Å². The van der Waals surface area contributed by atoms with Crippen LogP contribution in [0.4, 0.5) is 5.69 Å². The fraction of sp³-hybridized carbons (Fsp3) is 0.0588. The van der Waals surface area contributed by atoms with Crippen LogP contribution in [0.2, 0.25) is 0 Å². The minimum absolute atomic E-state index is 0.00988. The molecule has 1 amide bonds. The Balaban J connectivity index is 1.60. The predicted octanol–water partition coefficient (Wildman–Crippen LogP) is 2.70. The first kappa shape index (κ1) is 15.4. The topological polar surface area (TPSA) is 89.5 Å². The Morgan fingerprint density at radius 3 is 2.67 bits per heavy atom. The molecule has 3 rings (SSSR count). The number of amides is 1. The van der Waals surface area contributed by atoms with E-state index in [9.17, 15) is 14.9 Å². The van der Waals surface area contributed by atoms with Crippen molar-refractivity contribution >= 4 is 28.7 Å². The van der Waals surface area contributed by atoms with E-state index in [1.165, 1.54) is 18.3 Å². The molecule has 1 N–H and O–H groups in total. The van der Waals surface area contributed by atoms with Crippen molar-refractivity contribution in [2.24, 2.45) is 5.10 Å². The third-order valence-electron chi connectivity index (χ3n) is 3.50. The van der Waals surface area contributed by atoms with E-state index in [1.54, 1.807) is 12.1 Å². The number of para-hydroxylation sites is 1. The Labute approximate surface area is 137 Å². The van der Waals surface area contributed by atoms with Gasteiger partial charge in [-0.1, -0.05) is 18.2 Å². The molecule has 1 heterocycles. The number of nitrogens with one attached hydrogen (secondary N) is 1. The summed E-state index contributed by atoms with van der Waals surface area (Å²) in [6.45, 7) is 0.158. The summed E-state index contributed by atoms with van der Waals surface area (Å²) in [4.78, 5) is 22.1. The monoisotopic (exact) mass is 322 g/mol. The largest absolute Gasteiger partial charge is 0.338 e. The number of benzene rings is 2. The Hall–Kier alpha value is -3.48. The molecule has 0 radical (unpaired) electrons. The molecule has 0 aliphatic rings. The maximum absolute atomic E-state index is 12.0. The van der Waals surface area contributed by atoms with Crippen molar-refractivity contribution in [1.29, 1.82) is 0 Å². The second-order valence-electron chi connectivity index (χ2n) is 5.14. The molecule has 0 fully saturated rings. The quantitative estimate of drug-likeness (QED) is 0.445. The van der Waals surface area contributed by atoms with Crippen LogP contribution in [0.5, 0.6) is 0 Å². The van der Waals surface area contributed by atoms with E-state index in [-0.39, 0.29) is 18.1 Å². The van der Waals surface area contributed by atoms with Crippen molar-refractivity contribution in [3.63, 3.8) is 0 Å². The van der Waals surface area contributed by atoms with Gasteiger partial charge in [-0.2, -0.15) is 5.10 Å². The van der Waals surface area contributed by atoms with Gasteiger partial charge in [0.25, 0.3) is 11.6 Å². The molecule has 0 bridgehead atoms. The molecule has 0 aliphatic carbocycles. The average Bonchev–Trinajstić information content (AvgIpc) is 2.98. The number of non-ortho nitro benzene ring substituents is 1. The summed E-state index contributed by atoms with van der Waals surface area (Å²) < 4.78 is 1.84. The molecule has 0 spiro atoms. The summed E-state index contributed by atoms with van der Waals surface area (Å²) >= 11 is 0. The summed E-state index contributed by atoms with van der Waals surface area (Å²) in [6.07, 6.45) is 3.29. The van der Waals surface area contributed by atoms with Gasteiger partial charge in [0.05, 0.1) is 11.1 Å². The third-order valence-corrected chi connectivity index (χ3v) is 3.50. The molecule has 7 nitrogen and oxygen atoms in total. The number of rotatable bonds is 5. The molecule has 24 heavy (non-hydrogen) atoms. The van der Waals surface area contributed by atoms with Crippen molar-refractivity contribution in [1.82, 2.24) is 9.99 Å². The van der Waals surface area contributed by atoms with E-state index < -0.39 is 4.92 Å². The molecule has 2 aromatic carbocycles. The average molecular weight is 322 g/mol. The van der Waals surface area contributed by atoms with E-state index in [0.717, 1.165) is 10.9 Å². The number of aromatic nitrogens is 1. The number of hydrogen-bond acceptors (Lipinski definition) is 4. The van der Waals surface area contributed by atoms with Gasteiger partial charge in [-0.3, -0.25) is 14.9 Å². The molecule has 3 aromatic rings. The number of nitrogens with zero attached hydrogens (tertiary/aromatic N) is 3. The third kappa shape index (κ3) is 3.46. The van der Waals surface area contributed by atoms with Crippen molar-refractivity contribution in [3.8, 4) is 0 Å². The molecule has 120 valence electrons. The first-order valence-corrected chi connectivity index (χ1v) is 7.24. The van der Waals surface area contributed by atoms with E-state index in [1.807, 2.05) is 41.1 Å². The smallest absolute Gasteiger partial charge is 0.269 e. The van der Waals surface area contributed by atoms with Gasteiger partial charge in [-0.05, 0) is 35.2 Å². The zero-order valence-corrected chi connectivity index (χ0v) is 12.6. The molecular formula is C17H14N4O3. The molecular weight excluding hydrogens is 308 g/mol. The fourth-order valence-electron chi connectivity index (χ4n) is 2.33. The number of nitro groups is 1. The number of fused-ring (bicyclic) bond motifs is 1. The van der Waals surface area contributed by atoms with Crippen LogP contribution in [0, 0.1) is 10.1 Å². The standard InChI is InChI=1S/C17H14N4O3/c22-17(12-20-10-9-14-3-1-2-4-16(14)20)19-18-11-13-5-7-15(8-6-13)21(23)24/h1-11H,12H2,(H,19,22)/b18-11+. The number of carbonyl (C=O) groups is 1. The summed E-state index contributed by atoms with van der Waals surface area (Å²) in [6, 6.07) is 15.6. The van der Waals surface area contributed by atoms with Gasteiger partial charge in [0.15, 0.2) is 0 Å². The zero-order valence-electron chi connectivity index (χ0n) is 12.6. The van der Waals surface area contributed by atoms with E-state index in [0.29, 0.717) is 5.56 Å². The molecule has 0 saturated heterocycles. The predicted molar refractivity (Wildman–Crippen MR) is 90.8 cm³/mol. The summed E-state index contributed by atoms with van der Waals surface area (Å²) in [7, 11) is 0. The van der Waals surface area contributed by atoms with Gasteiger partial charge < -0.3 is 4.57 Å². The Morgan fingerprint density at radius 1 is 1.17 bits per heavy atom. The highest BCUT2D eigenvalue weighted by atomic mass is 16.6. The van der Waals surface area contributed by atoms with Crippen molar-refractivity contribution < 1.29 is 9.72 Å². The van der Waals surface area contributed by atoms with Gasteiger partial charge in [0.1, 0.15) is 6.54 Å². The number of carbonyl (C=O) groups excluding carboxylic acids is 1. The highest BCUT2D eigenvalue weighted by Crippen LogP contribution is 2.14. The summed E-state index contributed by atoms with van der Waals surface area (Å²) in [5.41, 5.74) is 4.10. The lowest BCUT2D eigenvalue weighted by molar-refractivity contribution is -0.384. The van der Waals surface area contributed by atoms with Crippen LogP contribution >= 0.6 is 0 Å². The van der Waals surface area contributed by atoms with Gasteiger partial charge in [-0.25, -0.2) is 5.43 Å². The van der Waals surface area contributed by atoms with E-state index >= 15 is 0 Å². The van der Waals surface area contributed by atoms with E-state index in [4.69, 9.17) is 0 Å². The van der Waals surface area contributed by atoms with Crippen molar-refractivity contribution in [2.45, 2.75) is 6.54 Å². The summed E-state index contributed by atoms with van der Waals surface area (Å²) in [5.74, 6) is -0.255. The van der Waals surface area contributed by atoms with Gasteiger partial charge in [0, 0.05) is 23.8 Å². The molecule has 0 atom stereocenters. The van der Waals surface area contributed by atoms with Crippen LogP contribution in [0.1, 0.15) is 5.56 Å². The lowest BCUT2D eigenvalue weighted by Gasteiger charge is -2.03. The Kier molecular flexibility index (Phi) is 4.33. The lowest BCUT2D eigenvalue weighted by atomic mass is 10.2. The zero-order chi connectivity index (χ0) is 16.9. The Morgan fingerprint density at radius 2 is 1.92 bits per heavy atom. The molecule has 0 aliphatic heterocycles. The van der Waals surface area contributed by atoms with Crippen LogP contribution < -0.4 is 5.43 Å². The first-order valence-electron chi connectivity index (χ1n) is 7.24. The minimum Gasteiger partial charge on any atom is -0.338 e. The molecule has 0 unspecified atom stereocenters. The molecule has 1 aromatic heterocycles. The highest BCUT2D eigenvalue weighted by Gasteiger charge is 2.05. The second kappa shape index (κ2) is 6.74. The van der Waals surface area contributed by atoms with Crippen molar-refractivity contribution in [3.05, 3.63) is 76.5 Å². The minimum atomic E-state index is -0.468. The normalized spacial score (nSPS) is 11.0.